The van der Waals surface area contributed by atoms with Crippen LogP contribution in [0.15, 0.2) is 54.6 Å². The summed E-state index contributed by atoms with van der Waals surface area (Å²) in [7, 11) is 0. The zero-order valence-corrected chi connectivity index (χ0v) is 21.0. The van der Waals surface area contributed by atoms with Crippen LogP contribution in [0.2, 0.25) is 0 Å². The molecule has 5 nitrogen and oxygen atoms in total. The van der Waals surface area contributed by atoms with Gasteiger partial charge in [0.25, 0.3) is 5.91 Å². The number of pyridine rings is 1. The highest BCUT2D eigenvalue weighted by atomic mass is 32.1. The van der Waals surface area contributed by atoms with Gasteiger partial charge in [-0.1, -0.05) is 55.5 Å². The van der Waals surface area contributed by atoms with Crippen molar-refractivity contribution in [2.75, 3.05) is 11.9 Å². The molecule has 0 radical (unpaired) electrons. The van der Waals surface area contributed by atoms with Crippen molar-refractivity contribution in [1.29, 1.82) is 0 Å². The first-order valence-electron chi connectivity index (χ1n) is 12.0. The van der Waals surface area contributed by atoms with E-state index in [0.717, 1.165) is 52.5 Å². The van der Waals surface area contributed by atoms with E-state index in [4.69, 9.17) is 9.72 Å². The Morgan fingerprint density at radius 1 is 1.14 bits per heavy atom. The van der Waals surface area contributed by atoms with Crippen molar-refractivity contribution in [2.45, 2.75) is 40.0 Å². The van der Waals surface area contributed by atoms with Crippen LogP contribution in [0.1, 0.15) is 57.0 Å². The molecule has 1 atom stereocenters. The number of nitrogens with zero attached hydrogens (tertiary/aromatic N) is 1. The van der Waals surface area contributed by atoms with E-state index in [1.807, 2.05) is 61.5 Å². The lowest BCUT2D eigenvalue weighted by Crippen LogP contribution is -2.17. The lowest BCUT2D eigenvalue weighted by atomic mass is 9.88. The van der Waals surface area contributed by atoms with Crippen LogP contribution in [0.4, 0.5) is 5.00 Å². The number of fused-ring (bicyclic) bond motifs is 2. The van der Waals surface area contributed by atoms with E-state index >= 15 is 0 Å². The third-order valence-corrected chi connectivity index (χ3v) is 7.74. The maximum atomic E-state index is 13.7. The second-order valence-corrected chi connectivity index (χ2v) is 10.2. The van der Waals surface area contributed by atoms with Crippen LogP contribution in [-0.4, -0.2) is 23.5 Å². The van der Waals surface area contributed by atoms with Gasteiger partial charge in [0.15, 0.2) is 0 Å². The fraction of sp³-hybridized carbons (Fsp3) is 0.276. The molecule has 6 heteroatoms. The van der Waals surface area contributed by atoms with Gasteiger partial charge in [-0.15, -0.1) is 11.3 Å². The maximum absolute atomic E-state index is 13.7. The lowest BCUT2D eigenvalue weighted by molar-refractivity contribution is 0.0526. The molecule has 178 valence electrons. The molecule has 0 unspecified atom stereocenters. The Morgan fingerprint density at radius 2 is 1.94 bits per heavy atom. The highest BCUT2D eigenvalue weighted by molar-refractivity contribution is 7.17. The maximum Gasteiger partial charge on any atom is 0.341 e. The number of carbonyl (C=O) groups excluding carboxylic acids is 2. The molecular weight excluding hydrogens is 456 g/mol. The highest BCUT2D eigenvalue weighted by Crippen LogP contribution is 2.40. The van der Waals surface area contributed by atoms with E-state index in [0.29, 0.717) is 28.7 Å². The van der Waals surface area contributed by atoms with Crippen LogP contribution in [0, 0.1) is 12.8 Å². The number of aryl methyl sites for hydroxylation is 1. The van der Waals surface area contributed by atoms with Gasteiger partial charge in [-0.2, -0.15) is 0 Å². The van der Waals surface area contributed by atoms with E-state index in [1.165, 1.54) is 16.2 Å². The molecule has 5 rings (SSSR count). The standard InChI is InChI=1S/C29H28N2O3S/c1-4-34-29(33)25-21-14-13-17(2)15-24(21)35-28(25)31-27(32)22-16-23(19-10-6-5-7-11-19)30-26-18(3)9-8-12-20(22)26/h5-12,16-17H,4,13-15H2,1-3H3,(H,31,32)/t17-/m0/s1. The van der Waals surface area contributed by atoms with E-state index in [2.05, 4.69) is 12.2 Å². The number of thiophene rings is 1. The smallest absolute Gasteiger partial charge is 0.341 e. The Balaban J connectivity index is 1.60. The number of rotatable bonds is 5. The molecule has 1 aliphatic rings. The molecule has 2 heterocycles. The molecule has 0 aliphatic heterocycles. The predicted molar refractivity (Wildman–Crippen MR) is 141 cm³/mol. The Kier molecular flexibility index (Phi) is 6.39. The van der Waals surface area contributed by atoms with Crippen LogP contribution >= 0.6 is 11.3 Å². The SMILES string of the molecule is CCOC(=O)c1c(NC(=O)c2cc(-c3ccccc3)nc3c(C)cccc23)sc2c1CC[C@H](C)C2. The van der Waals surface area contributed by atoms with E-state index < -0.39 is 0 Å². The summed E-state index contributed by atoms with van der Waals surface area (Å²) in [5.41, 5.74) is 5.56. The average Bonchev–Trinajstić information content (AvgIpc) is 3.21. The fourth-order valence-electron chi connectivity index (χ4n) is 4.77. The third-order valence-electron chi connectivity index (χ3n) is 6.57. The van der Waals surface area contributed by atoms with Gasteiger partial charge in [0, 0.05) is 15.8 Å². The first kappa shape index (κ1) is 23.2. The minimum atomic E-state index is -0.366. The van der Waals surface area contributed by atoms with Crippen molar-refractivity contribution < 1.29 is 14.3 Å². The molecular formula is C29H28N2O3S. The van der Waals surface area contributed by atoms with E-state index in [9.17, 15) is 9.59 Å². The number of hydrogen-bond donors (Lipinski definition) is 1. The van der Waals surface area contributed by atoms with Gasteiger partial charge in [-0.3, -0.25) is 4.79 Å². The number of para-hydroxylation sites is 1. The molecule has 0 spiro atoms. The quantitative estimate of drug-likeness (QED) is 0.315. The van der Waals surface area contributed by atoms with E-state index in [1.54, 1.807) is 6.92 Å². The Hall–Kier alpha value is -3.51. The van der Waals surface area contributed by atoms with Crippen molar-refractivity contribution in [3.63, 3.8) is 0 Å². The molecule has 0 fully saturated rings. The topological polar surface area (TPSA) is 68.3 Å². The molecule has 2 aromatic carbocycles. The van der Waals surface area contributed by atoms with Gasteiger partial charge in [0.1, 0.15) is 5.00 Å². The fourth-order valence-corrected chi connectivity index (χ4v) is 6.16. The van der Waals surface area contributed by atoms with Crippen LogP contribution in [0.3, 0.4) is 0 Å². The summed E-state index contributed by atoms with van der Waals surface area (Å²) in [5, 5.41) is 4.44. The van der Waals surface area contributed by atoms with Crippen molar-refractivity contribution in [3.8, 4) is 11.3 Å². The van der Waals surface area contributed by atoms with Gasteiger partial charge < -0.3 is 10.1 Å². The Bertz CT molecular complexity index is 1430. The normalized spacial score (nSPS) is 15.0. The Morgan fingerprint density at radius 3 is 2.71 bits per heavy atom. The number of benzene rings is 2. The monoisotopic (exact) mass is 484 g/mol. The number of nitrogens with one attached hydrogen (secondary N) is 1. The average molecular weight is 485 g/mol. The first-order chi connectivity index (χ1) is 17.0. The summed E-state index contributed by atoms with van der Waals surface area (Å²) in [4.78, 5) is 32.7. The van der Waals surface area contributed by atoms with Crippen LogP contribution in [0.25, 0.3) is 22.2 Å². The van der Waals surface area contributed by atoms with Crippen molar-refractivity contribution >= 4 is 39.1 Å². The molecule has 0 saturated carbocycles. The third kappa shape index (κ3) is 4.46. The molecule has 1 aliphatic carbocycles. The summed E-state index contributed by atoms with van der Waals surface area (Å²) in [6.07, 6.45) is 2.77. The zero-order valence-electron chi connectivity index (χ0n) is 20.2. The van der Waals surface area contributed by atoms with E-state index in [-0.39, 0.29) is 11.9 Å². The van der Waals surface area contributed by atoms with Gasteiger partial charge in [0.2, 0.25) is 0 Å². The summed E-state index contributed by atoms with van der Waals surface area (Å²) < 4.78 is 5.38. The predicted octanol–water partition coefficient (Wildman–Crippen LogP) is 6.83. The number of hydrogen-bond acceptors (Lipinski definition) is 5. The van der Waals surface area contributed by atoms with Gasteiger partial charge in [-0.25, -0.2) is 9.78 Å². The summed E-state index contributed by atoms with van der Waals surface area (Å²) >= 11 is 1.50. The number of anilines is 1. The number of aromatic nitrogens is 1. The largest absolute Gasteiger partial charge is 0.462 e. The number of esters is 1. The molecule has 35 heavy (non-hydrogen) atoms. The molecule has 1 amide bonds. The van der Waals surface area contributed by atoms with Crippen LogP contribution in [-0.2, 0) is 17.6 Å². The van der Waals surface area contributed by atoms with Gasteiger partial charge in [-0.05, 0) is 56.2 Å². The van der Waals surface area contributed by atoms with Crippen LogP contribution in [0.5, 0.6) is 0 Å². The number of amides is 1. The molecule has 1 N–H and O–H groups in total. The number of ether oxygens (including phenoxy) is 1. The minimum absolute atomic E-state index is 0.252. The molecule has 0 saturated heterocycles. The van der Waals surface area contributed by atoms with Crippen molar-refractivity contribution in [1.82, 2.24) is 4.98 Å². The summed E-state index contributed by atoms with van der Waals surface area (Å²) in [5.74, 6) is -0.0621. The van der Waals surface area contributed by atoms with Gasteiger partial charge in [0.05, 0.1) is 28.9 Å². The Labute approximate surface area is 209 Å². The lowest BCUT2D eigenvalue weighted by Gasteiger charge is -2.18. The second-order valence-electron chi connectivity index (χ2n) is 9.12. The molecule has 2 aromatic heterocycles. The molecule has 4 aromatic rings. The van der Waals surface area contributed by atoms with Crippen molar-refractivity contribution in [2.24, 2.45) is 5.92 Å². The summed E-state index contributed by atoms with van der Waals surface area (Å²) in [6, 6.07) is 17.6. The first-order valence-corrected chi connectivity index (χ1v) is 12.9. The summed E-state index contributed by atoms with van der Waals surface area (Å²) in [6.45, 7) is 6.32. The zero-order chi connectivity index (χ0) is 24.5. The second kappa shape index (κ2) is 9.62. The minimum Gasteiger partial charge on any atom is -0.462 e. The number of carbonyl (C=O) groups is 2. The van der Waals surface area contributed by atoms with Gasteiger partial charge >= 0.3 is 5.97 Å². The van der Waals surface area contributed by atoms with Crippen molar-refractivity contribution in [3.05, 3.63) is 81.7 Å². The van der Waals surface area contributed by atoms with Crippen LogP contribution < -0.4 is 5.32 Å². The highest BCUT2D eigenvalue weighted by Gasteiger charge is 2.29. The molecule has 0 bridgehead atoms.